The van der Waals surface area contributed by atoms with Gasteiger partial charge in [-0.1, -0.05) is 6.07 Å². The Morgan fingerprint density at radius 3 is 2.82 bits per heavy atom. The number of benzene rings is 1. The maximum absolute atomic E-state index is 12.2. The standard InChI is InChI=1S/C11H16N2O3S/c1-12-9-3-2-4-11(7-9)17(15,16)13-6-5-10(14)8-13/h2-4,7,10,12,14H,5-6,8H2,1H3. The Bertz CT molecular complexity index is 501. The minimum atomic E-state index is -3.47. The minimum absolute atomic E-state index is 0.187. The summed E-state index contributed by atoms with van der Waals surface area (Å²) < 4.78 is 25.8. The summed E-state index contributed by atoms with van der Waals surface area (Å²) in [7, 11) is -1.73. The average molecular weight is 256 g/mol. The van der Waals surface area contributed by atoms with E-state index in [0.717, 1.165) is 5.69 Å². The van der Waals surface area contributed by atoms with Gasteiger partial charge in [-0.25, -0.2) is 8.42 Å². The molecule has 1 heterocycles. The maximum atomic E-state index is 12.2. The third-order valence-electron chi connectivity index (χ3n) is 2.89. The van der Waals surface area contributed by atoms with Crippen LogP contribution in [0.5, 0.6) is 0 Å². The molecule has 1 aliphatic heterocycles. The summed E-state index contributed by atoms with van der Waals surface area (Å²) in [6.45, 7) is 0.569. The van der Waals surface area contributed by atoms with Gasteiger partial charge in [0.2, 0.25) is 10.0 Å². The lowest BCUT2D eigenvalue weighted by Gasteiger charge is -2.16. The SMILES string of the molecule is CNc1cccc(S(=O)(=O)N2CCC(O)C2)c1. The Morgan fingerprint density at radius 2 is 2.24 bits per heavy atom. The van der Waals surface area contributed by atoms with Crippen LogP contribution in [-0.4, -0.2) is 44.1 Å². The first-order valence-corrected chi connectivity index (χ1v) is 6.94. The van der Waals surface area contributed by atoms with Crippen molar-refractivity contribution in [2.24, 2.45) is 0 Å². The van der Waals surface area contributed by atoms with Crippen LogP contribution in [0.3, 0.4) is 0 Å². The average Bonchev–Trinajstić information content (AvgIpc) is 2.76. The molecule has 0 amide bonds. The molecule has 0 saturated carbocycles. The normalized spacial score (nSPS) is 21.6. The first-order chi connectivity index (χ1) is 8.04. The zero-order valence-corrected chi connectivity index (χ0v) is 10.4. The van der Waals surface area contributed by atoms with Gasteiger partial charge in [0, 0.05) is 25.8 Å². The second kappa shape index (κ2) is 4.64. The second-order valence-corrected chi connectivity index (χ2v) is 6.02. The van der Waals surface area contributed by atoms with Gasteiger partial charge in [-0.3, -0.25) is 0 Å². The Morgan fingerprint density at radius 1 is 1.47 bits per heavy atom. The molecule has 0 aliphatic carbocycles. The third-order valence-corrected chi connectivity index (χ3v) is 4.75. The smallest absolute Gasteiger partial charge is 0.243 e. The molecule has 5 nitrogen and oxygen atoms in total. The molecule has 1 aliphatic rings. The predicted molar refractivity (Wildman–Crippen MR) is 65.4 cm³/mol. The number of anilines is 1. The molecule has 2 N–H and O–H groups in total. The fourth-order valence-electron chi connectivity index (χ4n) is 1.89. The first kappa shape index (κ1) is 12.3. The molecule has 0 radical (unpaired) electrons. The van der Waals surface area contributed by atoms with E-state index in [2.05, 4.69) is 5.32 Å². The minimum Gasteiger partial charge on any atom is -0.392 e. The van der Waals surface area contributed by atoms with Gasteiger partial charge in [0.25, 0.3) is 0 Å². The summed E-state index contributed by atoms with van der Waals surface area (Å²) >= 11 is 0. The highest BCUT2D eigenvalue weighted by atomic mass is 32.2. The van der Waals surface area contributed by atoms with Crippen molar-refractivity contribution < 1.29 is 13.5 Å². The van der Waals surface area contributed by atoms with E-state index in [1.54, 1.807) is 31.3 Å². The van der Waals surface area contributed by atoms with Crippen LogP contribution in [0.15, 0.2) is 29.2 Å². The largest absolute Gasteiger partial charge is 0.392 e. The fraction of sp³-hybridized carbons (Fsp3) is 0.455. The summed E-state index contributed by atoms with van der Waals surface area (Å²) in [5, 5.41) is 12.3. The van der Waals surface area contributed by atoms with Gasteiger partial charge < -0.3 is 10.4 Å². The summed E-state index contributed by atoms with van der Waals surface area (Å²) in [5.74, 6) is 0. The van der Waals surface area contributed by atoms with E-state index in [1.807, 2.05) is 0 Å². The number of aliphatic hydroxyl groups excluding tert-OH is 1. The third kappa shape index (κ3) is 2.43. The van der Waals surface area contributed by atoms with Crippen molar-refractivity contribution in [2.45, 2.75) is 17.4 Å². The van der Waals surface area contributed by atoms with Crippen molar-refractivity contribution in [3.05, 3.63) is 24.3 Å². The molecule has 0 spiro atoms. The van der Waals surface area contributed by atoms with E-state index in [0.29, 0.717) is 13.0 Å². The molecular weight excluding hydrogens is 240 g/mol. The number of hydrogen-bond acceptors (Lipinski definition) is 4. The number of nitrogens with one attached hydrogen (secondary N) is 1. The molecule has 17 heavy (non-hydrogen) atoms. The Balaban J connectivity index is 2.31. The van der Waals surface area contributed by atoms with Crippen molar-refractivity contribution in [1.82, 2.24) is 4.31 Å². The monoisotopic (exact) mass is 256 g/mol. The van der Waals surface area contributed by atoms with E-state index in [-0.39, 0.29) is 11.4 Å². The molecular formula is C11H16N2O3S. The zero-order chi connectivity index (χ0) is 12.5. The molecule has 1 fully saturated rings. The lowest BCUT2D eigenvalue weighted by Crippen LogP contribution is -2.29. The molecule has 94 valence electrons. The Hall–Kier alpha value is -1.11. The van der Waals surface area contributed by atoms with Crippen LogP contribution in [0.4, 0.5) is 5.69 Å². The van der Waals surface area contributed by atoms with Gasteiger partial charge in [-0.05, 0) is 24.6 Å². The van der Waals surface area contributed by atoms with Gasteiger partial charge in [-0.2, -0.15) is 4.31 Å². The number of hydrogen-bond donors (Lipinski definition) is 2. The van der Waals surface area contributed by atoms with Gasteiger partial charge in [0.05, 0.1) is 11.0 Å². The molecule has 2 rings (SSSR count). The number of rotatable bonds is 3. The summed E-state index contributed by atoms with van der Waals surface area (Å²) in [6.07, 6.45) is -0.0393. The zero-order valence-electron chi connectivity index (χ0n) is 9.63. The van der Waals surface area contributed by atoms with Crippen LogP contribution in [-0.2, 0) is 10.0 Å². The maximum Gasteiger partial charge on any atom is 0.243 e. The molecule has 0 bridgehead atoms. The van der Waals surface area contributed by atoms with Crippen LogP contribution >= 0.6 is 0 Å². The first-order valence-electron chi connectivity index (χ1n) is 5.50. The van der Waals surface area contributed by atoms with E-state index in [1.165, 1.54) is 4.31 Å². The Labute approximate surface area is 101 Å². The Kier molecular flexibility index (Phi) is 3.37. The van der Waals surface area contributed by atoms with Crippen molar-refractivity contribution in [2.75, 3.05) is 25.5 Å². The van der Waals surface area contributed by atoms with Crippen LogP contribution in [0.1, 0.15) is 6.42 Å². The molecule has 1 aromatic carbocycles. The second-order valence-electron chi connectivity index (χ2n) is 4.08. The van der Waals surface area contributed by atoms with E-state index < -0.39 is 16.1 Å². The summed E-state index contributed by atoms with van der Waals surface area (Å²) in [5.41, 5.74) is 0.755. The van der Waals surface area contributed by atoms with Crippen LogP contribution in [0, 0.1) is 0 Å². The number of β-amino-alcohol motifs (C(OH)–C–C–N with tert-alkyl or cyclic N) is 1. The van der Waals surface area contributed by atoms with E-state index in [9.17, 15) is 13.5 Å². The number of aliphatic hydroxyl groups is 1. The highest BCUT2D eigenvalue weighted by Gasteiger charge is 2.31. The van der Waals surface area contributed by atoms with Crippen LogP contribution in [0.25, 0.3) is 0 Å². The quantitative estimate of drug-likeness (QED) is 0.825. The molecule has 1 aromatic rings. The van der Waals surface area contributed by atoms with Crippen molar-refractivity contribution in [3.8, 4) is 0 Å². The van der Waals surface area contributed by atoms with Crippen LogP contribution in [0.2, 0.25) is 0 Å². The van der Waals surface area contributed by atoms with Gasteiger partial charge >= 0.3 is 0 Å². The van der Waals surface area contributed by atoms with Gasteiger partial charge in [-0.15, -0.1) is 0 Å². The van der Waals surface area contributed by atoms with Gasteiger partial charge in [0.15, 0.2) is 0 Å². The highest BCUT2D eigenvalue weighted by molar-refractivity contribution is 7.89. The summed E-state index contributed by atoms with van der Waals surface area (Å²) in [4.78, 5) is 0.262. The lowest BCUT2D eigenvalue weighted by molar-refractivity contribution is 0.189. The predicted octanol–water partition coefficient (Wildman–Crippen LogP) is 0.484. The lowest BCUT2D eigenvalue weighted by atomic mass is 10.3. The molecule has 1 saturated heterocycles. The van der Waals surface area contributed by atoms with Crippen LogP contribution < -0.4 is 5.32 Å². The topological polar surface area (TPSA) is 69.6 Å². The number of sulfonamides is 1. The summed E-state index contributed by atoms with van der Waals surface area (Å²) in [6, 6.07) is 6.67. The van der Waals surface area contributed by atoms with Gasteiger partial charge in [0.1, 0.15) is 0 Å². The van der Waals surface area contributed by atoms with Crippen molar-refractivity contribution in [3.63, 3.8) is 0 Å². The van der Waals surface area contributed by atoms with Crippen molar-refractivity contribution >= 4 is 15.7 Å². The van der Waals surface area contributed by atoms with Crippen molar-refractivity contribution in [1.29, 1.82) is 0 Å². The van der Waals surface area contributed by atoms with E-state index in [4.69, 9.17) is 0 Å². The fourth-order valence-corrected chi connectivity index (χ4v) is 3.43. The highest BCUT2D eigenvalue weighted by Crippen LogP contribution is 2.22. The number of nitrogens with zero attached hydrogens (tertiary/aromatic N) is 1. The molecule has 1 atom stereocenters. The molecule has 6 heteroatoms. The molecule has 0 aromatic heterocycles. The molecule has 1 unspecified atom stereocenters. The van der Waals surface area contributed by atoms with E-state index >= 15 is 0 Å².